The van der Waals surface area contributed by atoms with Gasteiger partial charge >= 0.3 is 0 Å². The number of amides is 1. The highest BCUT2D eigenvalue weighted by molar-refractivity contribution is 5.92. The van der Waals surface area contributed by atoms with Gasteiger partial charge in [0.2, 0.25) is 5.91 Å². The van der Waals surface area contributed by atoms with E-state index in [1.807, 2.05) is 84.6 Å². The molecule has 4 rings (SSSR count). The number of hydrogen-bond donors (Lipinski definition) is 0. The summed E-state index contributed by atoms with van der Waals surface area (Å²) in [5, 5.41) is 0. The fraction of sp³-hybridized carbons (Fsp3) is 0.100. The zero-order valence-electron chi connectivity index (χ0n) is 18.3. The third-order valence-corrected chi connectivity index (χ3v) is 5.60. The lowest BCUT2D eigenvalue weighted by atomic mass is 9.97. The smallest absolute Gasteiger partial charge is 0.247 e. The van der Waals surface area contributed by atoms with Crippen molar-refractivity contribution in [1.29, 1.82) is 0 Å². The summed E-state index contributed by atoms with van der Waals surface area (Å²) in [6.07, 6.45) is 3.58. The van der Waals surface area contributed by atoms with Gasteiger partial charge in [0, 0.05) is 12.6 Å². The fourth-order valence-corrected chi connectivity index (χ4v) is 3.97. The SMILES string of the molecule is CCN(C(=O)/C=C/c1ccc(-c2ccccc2)cc1)C(c1ccccc1)c1ccccc1. The molecule has 0 bridgehead atoms. The van der Waals surface area contributed by atoms with Crippen molar-refractivity contribution in [2.24, 2.45) is 0 Å². The van der Waals surface area contributed by atoms with E-state index >= 15 is 0 Å². The minimum atomic E-state index is -0.125. The van der Waals surface area contributed by atoms with Crippen LogP contribution in [0.25, 0.3) is 17.2 Å². The summed E-state index contributed by atoms with van der Waals surface area (Å²) in [6.45, 7) is 2.64. The number of likely N-dealkylation sites (N-methyl/N-ethyl adjacent to an activating group) is 1. The molecule has 2 nitrogen and oxygen atoms in total. The predicted octanol–water partition coefficient (Wildman–Crippen LogP) is 7.00. The topological polar surface area (TPSA) is 20.3 Å². The zero-order chi connectivity index (χ0) is 22.2. The minimum absolute atomic E-state index is 0.00246. The number of nitrogens with zero attached hydrogens (tertiary/aromatic N) is 1. The molecule has 0 radical (unpaired) electrons. The molecule has 0 saturated heterocycles. The molecule has 0 fully saturated rings. The van der Waals surface area contributed by atoms with Crippen molar-refractivity contribution in [3.63, 3.8) is 0 Å². The number of hydrogen-bond acceptors (Lipinski definition) is 1. The van der Waals surface area contributed by atoms with Crippen LogP contribution in [0, 0.1) is 0 Å². The maximum atomic E-state index is 13.3. The van der Waals surface area contributed by atoms with Crippen molar-refractivity contribution < 1.29 is 4.79 Å². The van der Waals surface area contributed by atoms with Gasteiger partial charge in [-0.2, -0.15) is 0 Å². The van der Waals surface area contributed by atoms with Crippen LogP contribution in [0.3, 0.4) is 0 Å². The van der Waals surface area contributed by atoms with Crippen molar-refractivity contribution in [3.05, 3.63) is 138 Å². The Morgan fingerprint density at radius 1 is 0.688 bits per heavy atom. The average Bonchev–Trinajstić information content (AvgIpc) is 2.87. The maximum Gasteiger partial charge on any atom is 0.247 e. The van der Waals surface area contributed by atoms with Crippen LogP contribution in [0.5, 0.6) is 0 Å². The largest absolute Gasteiger partial charge is 0.328 e. The second-order valence-electron chi connectivity index (χ2n) is 7.67. The van der Waals surface area contributed by atoms with Gasteiger partial charge in [-0.15, -0.1) is 0 Å². The van der Waals surface area contributed by atoms with Gasteiger partial charge in [-0.05, 0) is 40.8 Å². The van der Waals surface area contributed by atoms with Crippen molar-refractivity contribution in [1.82, 2.24) is 4.90 Å². The molecule has 0 saturated carbocycles. The first-order valence-corrected chi connectivity index (χ1v) is 11.0. The van der Waals surface area contributed by atoms with Crippen LogP contribution in [-0.2, 0) is 4.79 Å². The lowest BCUT2D eigenvalue weighted by molar-refractivity contribution is -0.127. The van der Waals surface area contributed by atoms with Crippen LogP contribution in [-0.4, -0.2) is 17.4 Å². The monoisotopic (exact) mass is 417 g/mol. The Labute approximate surface area is 190 Å². The standard InChI is InChI=1S/C30H27NO/c1-2-31(30(27-14-8-4-9-15-27)28-16-10-5-11-17-28)29(32)23-20-24-18-21-26(22-19-24)25-12-6-3-7-13-25/h3-23,30H,2H2,1H3/b23-20+. The van der Waals surface area contributed by atoms with Crippen LogP contribution < -0.4 is 0 Å². The molecule has 4 aromatic rings. The Morgan fingerprint density at radius 2 is 1.16 bits per heavy atom. The first kappa shape index (κ1) is 21.3. The highest BCUT2D eigenvalue weighted by Gasteiger charge is 2.24. The minimum Gasteiger partial charge on any atom is -0.328 e. The first-order valence-electron chi connectivity index (χ1n) is 11.0. The summed E-state index contributed by atoms with van der Waals surface area (Å²) in [6, 6.07) is 38.9. The van der Waals surface area contributed by atoms with Gasteiger partial charge in [0.05, 0.1) is 6.04 Å². The van der Waals surface area contributed by atoms with E-state index in [-0.39, 0.29) is 11.9 Å². The Bertz CT molecular complexity index is 1110. The molecule has 4 aromatic carbocycles. The Hall–Kier alpha value is -3.91. The van der Waals surface area contributed by atoms with Gasteiger partial charge in [-0.1, -0.05) is 115 Å². The second kappa shape index (κ2) is 10.4. The molecule has 32 heavy (non-hydrogen) atoms. The van der Waals surface area contributed by atoms with Gasteiger partial charge < -0.3 is 4.90 Å². The molecule has 1 amide bonds. The fourth-order valence-electron chi connectivity index (χ4n) is 3.97. The highest BCUT2D eigenvalue weighted by Crippen LogP contribution is 2.29. The molecule has 0 aliphatic rings. The third-order valence-electron chi connectivity index (χ3n) is 5.60. The summed E-state index contributed by atoms with van der Waals surface area (Å²) >= 11 is 0. The van der Waals surface area contributed by atoms with Crippen molar-refractivity contribution >= 4 is 12.0 Å². The molecule has 2 heteroatoms. The molecule has 0 spiro atoms. The molecule has 0 aliphatic heterocycles. The number of carbonyl (C=O) groups is 1. The molecule has 0 aromatic heterocycles. The van der Waals surface area contributed by atoms with E-state index in [1.54, 1.807) is 6.08 Å². The van der Waals surface area contributed by atoms with Gasteiger partial charge in [-0.25, -0.2) is 0 Å². The van der Waals surface area contributed by atoms with Crippen LogP contribution in [0.15, 0.2) is 121 Å². The average molecular weight is 418 g/mol. The van der Waals surface area contributed by atoms with Crippen molar-refractivity contribution in [3.8, 4) is 11.1 Å². The van der Waals surface area contributed by atoms with E-state index in [2.05, 4.69) is 48.5 Å². The van der Waals surface area contributed by atoms with Gasteiger partial charge in [-0.3, -0.25) is 4.79 Å². The van der Waals surface area contributed by atoms with Gasteiger partial charge in [0.25, 0.3) is 0 Å². The maximum absolute atomic E-state index is 13.3. The zero-order valence-corrected chi connectivity index (χ0v) is 18.3. The lowest BCUT2D eigenvalue weighted by Crippen LogP contribution is -2.34. The van der Waals surface area contributed by atoms with Crippen molar-refractivity contribution in [2.45, 2.75) is 13.0 Å². The molecule has 0 N–H and O–H groups in total. The second-order valence-corrected chi connectivity index (χ2v) is 7.67. The van der Waals surface area contributed by atoms with E-state index in [4.69, 9.17) is 0 Å². The normalized spacial score (nSPS) is 11.1. The molecule has 0 unspecified atom stereocenters. The summed E-state index contributed by atoms with van der Waals surface area (Å²) in [5.41, 5.74) is 5.57. The van der Waals surface area contributed by atoms with Gasteiger partial charge in [0.15, 0.2) is 0 Å². The van der Waals surface area contributed by atoms with E-state index in [0.29, 0.717) is 6.54 Å². The number of benzene rings is 4. The van der Waals surface area contributed by atoms with E-state index in [0.717, 1.165) is 22.3 Å². The quantitative estimate of drug-likeness (QED) is 0.296. The van der Waals surface area contributed by atoms with Crippen LogP contribution in [0.1, 0.15) is 29.7 Å². The molecule has 0 heterocycles. The van der Waals surface area contributed by atoms with E-state index in [9.17, 15) is 4.79 Å². The predicted molar refractivity (Wildman–Crippen MR) is 133 cm³/mol. The summed E-state index contributed by atoms with van der Waals surface area (Å²) in [4.78, 5) is 15.2. The Balaban J connectivity index is 1.56. The van der Waals surface area contributed by atoms with Crippen LogP contribution in [0.2, 0.25) is 0 Å². The molecule has 158 valence electrons. The lowest BCUT2D eigenvalue weighted by Gasteiger charge is -2.31. The summed E-state index contributed by atoms with van der Waals surface area (Å²) in [7, 11) is 0. The van der Waals surface area contributed by atoms with Crippen LogP contribution in [0.4, 0.5) is 0 Å². The molecule has 0 atom stereocenters. The summed E-state index contributed by atoms with van der Waals surface area (Å²) < 4.78 is 0. The number of carbonyl (C=O) groups excluding carboxylic acids is 1. The molecule has 0 aliphatic carbocycles. The number of rotatable bonds is 7. The van der Waals surface area contributed by atoms with Gasteiger partial charge in [0.1, 0.15) is 0 Å². The highest BCUT2D eigenvalue weighted by atomic mass is 16.2. The van der Waals surface area contributed by atoms with Crippen LogP contribution >= 0.6 is 0 Å². The Kier molecular flexibility index (Phi) is 6.94. The Morgan fingerprint density at radius 3 is 1.66 bits per heavy atom. The first-order chi connectivity index (χ1) is 15.8. The van der Waals surface area contributed by atoms with Crippen molar-refractivity contribution in [2.75, 3.05) is 6.54 Å². The third kappa shape index (κ3) is 5.04. The summed E-state index contributed by atoms with van der Waals surface area (Å²) in [5.74, 6) is -0.00246. The molecular formula is C30H27NO. The van der Waals surface area contributed by atoms with E-state index < -0.39 is 0 Å². The molecular weight excluding hydrogens is 390 g/mol. The van der Waals surface area contributed by atoms with E-state index in [1.165, 1.54) is 5.56 Å².